The Kier molecular flexibility index (Phi) is 3.29. The van der Waals surface area contributed by atoms with Gasteiger partial charge in [-0.15, -0.1) is 0 Å². The molecule has 0 bridgehead atoms. The summed E-state index contributed by atoms with van der Waals surface area (Å²) in [6, 6.07) is 1.71. The standard InChI is InChI=1S/C16H18N4O2/c21-16(12-4-9-22-10-12)20-7-5-19(6-8-20)15-13-2-1-3-14(13)17-11-18-15/h4,9-11H,1-3,5-8H2. The number of aryl methyl sites for hydroxylation is 1. The van der Waals surface area contributed by atoms with Crippen LogP contribution in [0.3, 0.4) is 0 Å². The van der Waals surface area contributed by atoms with Gasteiger partial charge in [0.15, 0.2) is 0 Å². The van der Waals surface area contributed by atoms with Gasteiger partial charge in [-0.05, 0) is 25.3 Å². The molecule has 1 saturated heterocycles. The van der Waals surface area contributed by atoms with Gasteiger partial charge in [-0.2, -0.15) is 0 Å². The number of piperazine rings is 1. The summed E-state index contributed by atoms with van der Waals surface area (Å²) in [5.74, 6) is 1.11. The third-order valence-corrected chi connectivity index (χ3v) is 4.49. The van der Waals surface area contributed by atoms with Gasteiger partial charge in [0.05, 0.1) is 11.8 Å². The van der Waals surface area contributed by atoms with Gasteiger partial charge in [0.25, 0.3) is 5.91 Å². The number of furan rings is 1. The Bertz CT molecular complexity index is 675. The van der Waals surface area contributed by atoms with Crippen LogP contribution in [0.25, 0.3) is 0 Å². The third kappa shape index (κ3) is 2.24. The zero-order valence-corrected chi connectivity index (χ0v) is 12.4. The first-order valence-corrected chi connectivity index (χ1v) is 7.72. The van der Waals surface area contributed by atoms with Gasteiger partial charge in [0.1, 0.15) is 18.4 Å². The molecule has 2 aromatic rings. The Morgan fingerprint density at radius 1 is 1.14 bits per heavy atom. The van der Waals surface area contributed by atoms with Crippen LogP contribution in [0, 0.1) is 0 Å². The Balaban J connectivity index is 1.46. The summed E-state index contributed by atoms with van der Waals surface area (Å²) < 4.78 is 4.99. The number of hydrogen-bond acceptors (Lipinski definition) is 5. The SMILES string of the molecule is O=C(c1ccoc1)N1CCN(c2ncnc3c2CCC3)CC1. The van der Waals surface area contributed by atoms with Crippen molar-refractivity contribution in [2.45, 2.75) is 19.3 Å². The lowest BCUT2D eigenvalue weighted by molar-refractivity contribution is 0.0745. The molecule has 1 aliphatic heterocycles. The van der Waals surface area contributed by atoms with E-state index < -0.39 is 0 Å². The maximum Gasteiger partial charge on any atom is 0.257 e. The van der Waals surface area contributed by atoms with Crippen LogP contribution in [0.2, 0.25) is 0 Å². The van der Waals surface area contributed by atoms with E-state index in [1.807, 2.05) is 4.90 Å². The molecule has 6 heteroatoms. The highest BCUT2D eigenvalue weighted by molar-refractivity contribution is 5.94. The summed E-state index contributed by atoms with van der Waals surface area (Å²) in [5.41, 5.74) is 3.12. The average molecular weight is 298 g/mol. The van der Waals surface area contributed by atoms with Crippen molar-refractivity contribution in [1.29, 1.82) is 0 Å². The van der Waals surface area contributed by atoms with Gasteiger partial charge in [0, 0.05) is 37.4 Å². The molecule has 0 atom stereocenters. The highest BCUT2D eigenvalue weighted by atomic mass is 16.3. The maximum absolute atomic E-state index is 12.3. The average Bonchev–Trinajstić information content (AvgIpc) is 3.25. The van der Waals surface area contributed by atoms with Crippen LogP contribution in [-0.4, -0.2) is 47.0 Å². The topological polar surface area (TPSA) is 62.5 Å². The summed E-state index contributed by atoms with van der Waals surface area (Å²) in [5, 5.41) is 0. The molecule has 0 radical (unpaired) electrons. The zero-order valence-electron chi connectivity index (χ0n) is 12.4. The Labute approximate surface area is 128 Å². The fraction of sp³-hybridized carbons (Fsp3) is 0.438. The first-order chi connectivity index (χ1) is 10.8. The van der Waals surface area contributed by atoms with Crippen LogP contribution in [0.5, 0.6) is 0 Å². The van der Waals surface area contributed by atoms with Gasteiger partial charge in [0.2, 0.25) is 0 Å². The molecule has 2 aromatic heterocycles. The number of hydrogen-bond donors (Lipinski definition) is 0. The van der Waals surface area contributed by atoms with Crippen molar-refractivity contribution in [3.63, 3.8) is 0 Å². The summed E-state index contributed by atoms with van der Waals surface area (Å²) in [6.45, 7) is 3.05. The van der Waals surface area contributed by atoms with Crippen molar-refractivity contribution >= 4 is 11.7 Å². The van der Waals surface area contributed by atoms with Crippen LogP contribution in [-0.2, 0) is 12.8 Å². The maximum atomic E-state index is 12.3. The second-order valence-electron chi connectivity index (χ2n) is 5.77. The number of fused-ring (bicyclic) bond motifs is 1. The van der Waals surface area contributed by atoms with Crippen LogP contribution in [0.1, 0.15) is 28.0 Å². The van der Waals surface area contributed by atoms with Gasteiger partial charge >= 0.3 is 0 Å². The summed E-state index contributed by atoms with van der Waals surface area (Å²) in [7, 11) is 0. The lowest BCUT2D eigenvalue weighted by Gasteiger charge is -2.36. The number of carbonyl (C=O) groups excluding carboxylic acids is 1. The minimum absolute atomic E-state index is 0.0429. The number of amides is 1. The van der Waals surface area contributed by atoms with E-state index in [9.17, 15) is 4.79 Å². The Morgan fingerprint density at radius 2 is 2.00 bits per heavy atom. The van der Waals surface area contributed by atoms with Crippen LogP contribution in [0.15, 0.2) is 29.3 Å². The minimum atomic E-state index is 0.0429. The number of anilines is 1. The molecule has 0 saturated carbocycles. The molecule has 0 aromatic carbocycles. The van der Waals surface area contributed by atoms with Gasteiger partial charge in [-0.25, -0.2) is 9.97 Å². The first-order valence-electron chi connectivity index (χ1n) is 7.72. The monoisotopic (exact) mass is 298 g/mol. The number of nitrogens with zero attached hydrogens (tertiary/aromatic N) is 4. The van der Waals surface area contributed by atoms with Gasteiger partial charge < -0.3 is 14.2 Å². The molecule has 0 N–H and O–H groups in total. The van der Waals surface area contributed by atoms with E-state index in [0.717, 1.165) is 31.7 Å². The molecule has 0 unspecified atom stereocenters. The van der Waals surface area contributed by atoms with E-state index >= 15 is 0 Å². The molecule has 114 valence electrons. The Hall–Kier alpha value is -2.37. The van der Waals surface area contributed by atoms with Crippen molar-refractivity contribution in [2.75, 3.05) is 31.1 Å². The largest absolute Gasteiger partial charge is 0.472 e. The van der Waals surface area contributed by atoms with Crippen LogP contribution in [0.4, 0.5) is 5.82 Å². The normalized spacial score (nSPS) is 17.6. The molecular formula is C16H18N4O2. The molecular weight excluding hydrogens is 280 g/mol. The lowest BCUT2D eigenvalue weighted by atomic mass is 10.2. The summed E-state index contributed by atoms with van der Waals surface area (Å²) in [4.78, 5) is 25.3. The molecule has 6 nitrogen and oxygen atoms in total. The predicted octanol–water partition coefficient (Wildman–Crippen LogP) is 1.52. The molecule has 3 heterocycles. The first kappa shape index (κ1) is 13.3. The van der Waals surface area contributed by atoms with Crippen molar-refractivity contribution in [2.24, 2.45) is 0 Å². The lowest BCUT2D eigenvalue weighted by Crippen LogP contribution is -2.49. The minimum Gasteiger partial charge on any atom is -0.472 e. The number of rotatable bonds is 2. The van der Waals surface area contributed by atoms with Crippen molar-refractivity contribution in [1.82, 2.24) is 14.9 Å². The highest BCUT2D eigenvalue weighted by Gasteiger charge is 2.26. The molecule has 0 spiro atoms. The second-order valence-corrected chi connectivity index (χ2v) is 5.77. The quantitative estimate of drug-likeness (QED) is 0.841. The van der Waals surface area contributed by atoms with E-state index in [2.05, 4.69) is 14.9 Å². The van der Waals surface area contributed by atoms with Crippen molar-refractivity contribution in [3.8, 4) is 0 Å². The molecule has 1 aliphatic carbocycles. The van der Waals surface area contributed by atoms with Crippen LogP contribution < -0.4 is 4.90 Å². The van der Waals surface area contributed by atoms with E-state index in [0.29, 0.717) is 18.7 Å². The molecule has 22 heavy (non-hydrogen) atoms. The highest BCUT2D eigenvalue weighted by Crippen LogP contribution is 2.28. The van der Waals surface area contributed by atoms with E-state index in [1.54, 1.807) is 12.4 Å². The van der Waals surface area contributed by atoms with Gasteiger partial charge in [-0.3, -0.25) is 4.79 Å². The Morgan fingerprint density at radius 3 is 2.77 bits per heavy atom. The number of aromatic nitrogens is 2. The third-order valence-electron chi connectivity index (χ3n) is 4.49. The molecule has 2 aliphatic rings. The van der Waals surface area contributed by atoms with E-state index in [1.165, 1.54) is 30.2 Å². The second kappa shape index (κ2) is 5.44. The smallest absolute Gasteiger partial charge is 0.257 e. The molecule has 1 amide bonds. The number of carbonyl (C=O) groups is 1. The summed E-state index contributed by atoms with van der Waals surface area (Å²) >= 11 is 0. The fourth-order valence-electron chi connectivity index (χ4n) is 3.30. The predicted molar refractivity (Wildman–Crippen MR) is 80.9 cm³/mol. The zero-order chi connectivity index (χ0) is 14.9. The summed E-state index contributed by atoms with van der Waals surface area (Å²) in [6.07, 6.45) is 8.01. The molecule has 4 rings (SSSR count). The van der Waals surface area contributed by atoms with E-state index in [4.69, 9.17) is 4.42 Å². The van der Waals surface area contributed by atoms with Crippen molar-refractivity contribution < 1.29 is 9.21 Å². The van der Waals surface area contributed by atoms with Gasteiger partial charge in [-0.1, -0.05) is 0 Å². The molecule has 1 fully saturated rings. The van der Waals surface area contributed by atoms with Crippen molar-refractivity contribution in [3.05, 3.63) is 41.7 Å². The fourth-order valence-corrected chi connectivity index (χ4v) is 3.30. The van der Waals surface area contributed by atoms with E-state index in [-0.39, 0.29) is 5.91 Å². The van der Waals surface area contributed by atoms with Crippen LogP contribution >= 0.6 is 0 Å².